The average molecular weight is 356 g/mol. The van der Waals surface area contributed by atoms with E-state index in [9.17, 15) is 0 Å². The topological polar surface area (TPSA) is 48.9 Å². The Morgan fingerprint density at radius 2 is 1.96 bits per heavy atom. The largest absolute Gasteiger partial charge is 0.378 e. The molecule has 1 aromatic carbocycles. The van der Waals surface area contributed by atoms with E-state index in [4.69, 9.17) is 17.0 Å². The highest BCUT2D eigenvalue weighted by Crippen LogP contribution is 2.34. The van der Waals surface area contributed by atoms with Crippen LogP contribution in [-0.4, -0.2) is 49.6 Å². The van der Waals surface area contributed by atoms with Gasteiger partial charge in [-0.3, -0.25) is 5.43 Å². The normalized spacial score (nSPS) is 19.7. The first-order chi connectivity index (χ1) is 12.3. The van der Waals surface area contributed by atoms with Gasteiger partial charge in [0.2, 0.25) is 0 Å². The van der Waals surface area contributed by atoms with Gasteiger partial charge in [0.05, 0.1) is 19.4 Å². The summed E-state index contributed by atoms with van der Waals surface area (Å²) in [5.41, 5.74) is 7.98. The third-order valence-corrected chi connectivity index (χ3v) is 4.65. The number of nitrogens with one attached hydrogen (secondary N) is 2. The van der Waals surface area contributed by atoms with Crippen molar-refractivity contribution in [3.63, 3.8) is 0 Å². The number of benzene rings is 1. The van der Waals surface area contributed by atoms with Crippen LogP contribution in [0.1, 0.15) is 18.4 Å². The van der Waals surface area contributed by atoms with Gasteiger partial charge >= 0.3 is 0 Å². The van der Waals surface area contributed by atoms with Gasteiger partial charge in [-0.25, -0.2) is 0 Å². The summed E-state index contributed by atoms with van der Waals surface area (Å²) < 4.78 is 5.52. The number of hydrogen-bond donors (Lipinski definition) is 2. The lowest BCUT2D eigenvalue weighted by atomic mass is 10.1. The Labute approximate surface area is 154 Å². The van der Waals surface area contributed by atoms with Gasteiger partial charge in [0.1, 0.15) is 0 Å². The lowest BCUT2D eigenvalue weighted by molar-refractivity contribution is 0.0548. The van der Waals surface area contributed by atoms with E-state index in [-0.39, 0.29) is 0 Å². The van der Waals surface area contributed by atoms with E-state index in [0.29, 0.717) is 5.11 Å². The van der Waals surface area contributed by atoms with Gasteiger partial charge in [0.25, 0.3) is 0 Å². The van der Waals surface area contributed by atoms with E-state index in [2.05, 4.69) is 51.1 Å². The van der Waals surface area contributed by atoms with Crippen LogP contribution in [0.3, 0.4) is 0 Å². The fraction of sp³-hybridized carbons (Fsp3) is 0.368. The van der Waals surface area contributed by atoms with Gasteiger partial charge in [0.15, 0.2) is 5.11 Å². The average Bonchev–Trinajstić information content (AvgIpc) is 3.05. The predicted molar refractivity (Wildman–Crippen MR) is 106 cm³/mol. The zero-order valence-electron chi connectivity index (χ0n) is 14.5. The second kappa shape index (κ2) is 8.78. The second-order valence-corrected chi connectivity index (χ2v) is 6.41. The quantitative estimate of drug-likeness (QED) is 0.493. The molecule has 2 N–H and O–H groups in total. The van der Waals surface area contributed by atoms with Crippen molar-refractivity contribution < 1.29 is 4.74 Å². The number of morpholine rings is 1. The molecule has 0 amide bonds. The SMILES string of the molecule is CNC(=S)N/N=C/C1=C(N2CCOCC2)C(=C/c2ccccc2)/CC1. The van der Waals surface area contributed by atoms with Crippen molar-refractivity contribution in [3.8, 4) is 0 Å². The molecule has 0 saturated carbocycles. The van der Waals surface area contributed by atoms with E-state index >= 15 is 0 Å². The third kappa shape index (κ3) is 4.67. The molecule has 1 fully saturated rings. The Kier molecular flexibility index (Phi) is 6.19. The fourth-order valence-corrected chi connectivity index (χ4v) is 3.20. The molecule has 1 aliphatic heterocycles. The summed E-state index contributed by atoms with van der Waals surface area (Å²) in [6.45, 7) is 3.38. The van der Waals surface area contributed by atoms with Gasteiger partial charge in [0, 0.05) is 25.8 Å². The van der Waals surface area contributed by atoms with Gasteiger partial charge < -0.3 is 15.0 Å². The molecule has 0 spiro atoms. The van der Waals surface area contributed by atoms with Crippen LogP contribution in [0.2, 0.25) is 0 Å². The highest BCUT2D eigenvalue weighted by Gasteiger charge is 2.25. The number of thiocarbonyl (C=S) groups is 1. The molecule has 1 aromatic rings. The van der Waals surface area contributed by atoms with Crippen LogP contribution < -0.4 is 10.7 Å². The lowest BCUT2D eigenvalue weighted by Crippen LogP contribution is -2.36. The summed E-state index contributed by atoms with van der Waals surface area (Å²) in [7, 11) is 1.78. The van der Waals surface area contributed by atoms with Crippen molar-refractivity contribution in [2.24, 2.45) is 5.10 Å². The van der Waals surface area contributed by atoms with E-state index in [1.807, 2.05) is 12.3 Å². The van der Waals surface area contributed by atoms with Gasteiger partial charge in [-0.15, -0.1) is 0 Å². The number of allylic oxidation sites excluding steroid dienone is 2. The van der Waals surface area contributed by atoms with Gasteiger partial charge in [-0.1, -0.05) is 30.3 Å². The molecule has 5 nitrogen and oxygen atoms in total. The maximum Gasteiger partial charge on any atom is 0.186 e. The molecule has 3 rings (SSSR count). The summed E-state index contributed by atoms with van der Waals surface area (Å²) in [5, 5.41) is 7.66. The molecule has 0 bridgehead atoms. The van der Waals surface area contributed by atoms with E-state index < -0.39 is 0 Å². The van der Waals surface area contributed by atoms with Crippen LogP contribution in [0, 0.1) is 0 Å². The third-order valence-electron chi connectivity index (χ3n) is 4.35. The number of hydrogen-bond acceptors (Lipinski definition) is 4. The minimum atomic E-state index is 0.517. The Morgan fingerprint density at radius 3 is 2.68 bits per heavy atom. The molecular formula is C19H24N4OS. The zero-order valence-corrected chi connectivity index (χ0v) is 15.3. The highest BCUT2D eigenvalue weighted by atomic mass is 32.1. The van der Waals surface area contributed by atoms with Crippen molar-refractivity contribution in [3.05, 3.63) is 52.7 Å². The number of ether oxygens (including phenoxy) is 1. The molecule has 0 radical (unpaired) electrons. The Morgan fingerprint density at radius 1 is 1.20 bits per heavy atom. The molecule has 132 valence electrons. The lowest BCUT2D eigenvalue weighted by Gasteiger charge is -2.31. The van der Waals surface area contributed by atoms with E-state index in [0.717, 1.165) is 39.1 Å². The first-order valence-electron chi connectivity index (χ1n) is 8.60. The van der Waals surface area contributed by atoms with Crippen LogP contribution in [0.5, 0.6) is 0 Å². The van der Waals surface area contributed by atoms with E-state index in [1.54, 1.807) is 7.05 Å². The second-order valence-electron chi connectivity index (χ2n) is 6.00. The van der Waals surface area contributed by atoms with Crippen LogP contribution >= 0.6 is 12.2 Å². The van der Waals surface area contributed by atoms with Crippen molar-refractivity contribution in [2.45, 2.75) is 12.8 Å². The van der Waals surface area contributed by atoms with Gasteiger partial charge in [-0.05, 0) is 47.8 Å². The summed E-state index contributed by atoms with van der Waals surface area (Å²) in [5.74, 6) is 0. The standard InChI is InChI=1S/C19H24N4OS/c1-20-19(25)22-21-14-17-8-7-16(13-15-5-3-2-4-6-15)18(17)23-9-11-24-12-10-23/h2-6,13-14H,7-12H2,1H3,(H2,20,22,25)/b16-13+,21-14+. The molecule has 0 atom stereocenters. The maximum absolute atomic E-state index is 5.52. The molecule has 0 unspecified atom stereocenters. The molecule has 0 aromatic heterocycles. The molecular weight excluding hydrogens is 332 g/mol. The number of nitrogens with zero attached hydrogens (tertiary/aromatic N) is 2. The maximum atomic E-state index is 5.52. The summed E-state index contributed by atoms with van der Waals surface area (Å²) in [6.07, 6.45) is 6.21. The zero-order chi connectivity index (χ0) is 17.5. The minimum Gasteiger partial charge on any atom is -0.378 e. The van der Waals surface area contributed by atoms with Crippen molar-refractivity contribution in [1.29, 1.82) is 0 Å². The van der Waals surface area contributed by atoms with Crippen molar-refractivity contribution >= 4 is 29.6 Å². The van der Waals surface area contributed by atoms with Crippen molar-refractivity contribution in [1.82, 2.24) is 15.6 Å². The monoisotopic (exact) mass is 356 g/mol. The molecule has 2 aliphatic rings. The van der Waals surface area contributed by atoms with Crippen LogP contribution in [0.4, 0.5) is 0 Å². The van der Waals surface area contributed by atoms with E-state index in [1.165, 1.54) is 22.4 Å². The van der Waals surface area contributed by atoms with Crippen molar-refractivity contribution in [2.75, 3.05) is 33.4 Å². The highest BCUT2D eigenvalue weighted by molar-refractivity contribution is 7.80. The molecule has 1 aliphatic carbocycles. The Balaban J connectivity index is 1.87. The first-order valence-corrected chi connectivity index (χ1v) is 9.01. The number of rotatable bonds is 4. The van der Waals surface area contributed by atoms with Gasteiger partial charge in [-0.2, -0.15) is 5.10 Å². The molecule has 1 saturated heterocycles. The molecule has 1 heterocycles. The summed E-state index contributed by atoms with van der Waals surface area (Å²) in [6, 6.07) is 10.5. The fourth-order valence-electron chi connectivity index (χ4n) is 3.15. The summed E-state index contributed by atoms with van der Waals surface area (Å²) >= 11 is 5.07. The van der Waals surface area contributed by atoms with Crippen LogP contribution in [0.25, 0.3) is 6.08 Å². The molecule has 25 heavy (non-hydrogen) atoms. The predicted octanol–water partition coefficient (Wildman–Crippen LogP) is 2.53. The number of hydrazone groups is 1. The van der Waals surface area contributed by atoms with Crippen LogP contribution in [0.15, 0.2) is 52.3 Å². The first kappa shape index (κ1) is 17.6. The Hall–Kier alpha value is -2.18. The minimum absolute atomic E-state index is 0.517. The Bertz CT molecular complexity index is 691. The molecule has 6 heteroatoms. The summed E-state index contributed by atoms with van der Waals surface area (Å²) in [4.78, 5) is 2.42. The van der Waals surface area contributed by atoms with Crippen LogP contribution in [-0.2, 0) is 4.74 Å². The smallest absolute Gasteiger partial charge is 0.186 e.